The molecule has 0 unspecified atom stereocenters. The largest absolute Gasteiger partial charge is 0.390 e. The Kier molecular flexibility index (Phi) is 8.64. The Morgan fingerprint density at radius 1 is 0.606 bits per heavy atom. The van der Waals surface area contributed by atoms with Crippen molar-refractivity contribution >= 4 is 0 Å². The van der Waals surface area contributed by atoms with E-state index in [1.165, 1.54) is 5.56 Å². The first-order valence-electron chi connectivity index (χ1n) is 11.6. The van der Waals surface area contributed by atoms with E-state index >= 15 is 0 Å². The standard InChI is InChI=1S/C28H33NO4/c30-25-16-24(29-18-21-10-4-1-5-11-21)17-26(31)28(33-20-23-14-8-3-9-15-23)27(25)32-19-22-12-6-2-7-13-22/h1-15,24-31H,16-20H2/t25-,26-,27-,28-/m1/s1. The lowest BCUT2D eigenvalue weighted by Crippen LogP contribution is -2.45. The number of ether oxygens (including phenoxy) is 2. The quantitative estimate of drug-likeness (QED) is 0.435. The number of benzene rings is 3. The molecule has 4 rings (SSSR count). The molecule has 5 heteroatoms. The Morgan fingerprint density at radius 2 is 1.00 bits per heavy atom. The summed E-state index contributed by atoms with van der Waals surface area (Å²) in [5.74, 6) is 0. The van der Waals surface area contributed by atoms with Crippen LogP contribution in [0.1, 0.15) is 29.5 Å². The first-order valence-corrected chi connectivity index (χ1v) is 11.6. The van der Waals surface area contributed by atoms with Crippen LogP contribution in [0.25, 0.3) is 0 Å². The second-order valence-corrected chi connectivity index (χ2v) is 8.69. The van der Waals surface area contributed by atoms with Crippen molar-refractivity contribution < 1.29 is 19.7 Å². The number of aliphatic hydroxyl groups excluding tert-OH is 2. The monoisotopic (exact) mass is 447 g/mol. The van der Waals surface area contributed by atoms with Crippen molar-refractivity contribution in [3.8, 4) is 0 Å². The van der Waals surface area contributed by atoms with Gasteiger partial charge < -0.3 is 25.0 Å². The molecule has 3 aromatic rings. The molecule has 0 aromatic heterocycles. The second-order valence-electron chi connectivity index (χ2n) is 8.69. The van der Waals surface area contributed by atoms with E-state index in [4.69, 9.17) is 9.47 Å². The molecule has 4 atom stereocenters. The minimum Gasteiger partial charge on any atom is -0.390 e. The molecule has 33 heavy (non-hydrogen) atoms. The summed E-state index contributed by atoms with van der Waals surface area (Å²) in [5, 5.41) is 25.7. The van der Waals surface area contributed by atoms with E-state index in [-0.39, 0.29) is 6.04 Å². The summed E-state index contributed by atoms with van der Waals surface area (Å²) >= 11 is 0. The fourth-order valence-electron chi connectivity index (χ4n) is 4.36. The zero-order valence-electron chi connectivity index (χ0n) is 18.8. The zero-order valence-corrected chi connectivity index (χ0v) is 18.8. The summed E-state index contributed by atoms with van der Waals surface area (Å²) in [6.07, 6.45) is -1.83. The fourth-order valence-corrected chi connectivity index (χ4v) is 4.36. The normalized spacial score (nSPS) is 25.5. The average molecular weight is 448 g/mol. The van der Waals surface area contributed by atoms with Gasteiger partial charge in [0.25, 0.3) is 0 Å². The molecule has 1 aliphatic carbocycles. The summed E-state index contributed by atoms with van der Waals surface area (Å²) in [4.78, 5) is 0. The second kappa shape index (κ2) is 12.1. The highest BCUT2D eigenvalue weighted by Gasteiger charge is 2.40. The van der Waals surface area contributed by atoms with Crippen LogP contribution in [0.5, 0.6) is 0 Å². The Labute approximate surface area is 196 Å². The maximum Gasteiger partial charge on any atom is 0.112 e. The third kappa shape index (κ3) is 6.97. The number of hydrogen-bond acceptors (Lipinski definition) is 5. The predicted molar refractivity (Wildman–Crippen MR) is 128 cm³/mol. The van der Waals surface area contributed by atoms with Gasteiger partial charge in [0.05, 0.1) is 25.4 Å². The molecule has 1 saturated carbocycles. The van der Waals surface area contributed by atoms with Gasteiger partial charge in [-0.3, -0.25) is 0 Å². The SMILES string of the molecule is O[C@@H]1CC(NCc2ccccc2)C[C@@H](O)[C@@H](OCc2ccccc2)[C@@H]1OCc1ccccc1. The van der Waals surface area contributed by atoms with E-state index < -0.39 is 24.4 Å². The van der Waals surface area contributed by atoms with Gasteiger partial charge in [0.1, 0.15) is 12.2 Å². The molecule has 0 bridgehead atoms. The third-order valence-electron chi connectivity index (χ3n) is 6.14. The molecule has 0 amide bonds. The van der Waals surface area contributed by atoms with Crippen LogP contribution in [0.15, 0.2) is 91.0 Å². The number of nitrogens with one attached hydrogen (secondary N) is 1. The van der Waals surface area contributed by atoms with Gasteiger partial charge in [-0.1, -0.05) is 91.0 Å². The fraction of sp³-hybridized carbons (Fsp3) is 0.357. The predicted octanol–water partition coefficient (Wildman–Crippen LogP) is 3.83. The van der Waals surface area contributed by atoms with Gasteiger partial charge in [0.2, 0.25) is 0 Å². The van der Waals surface area contributed by atoms with E-state index in [2.05, 4.69) is 17.4 Å². The Balaban J connectivity index is 1.45. The molecule has 0 saturated heterocycles. The molecule has 0 spiro atoms. The molecule has 0 radical (unpaired) electrons. The van der Waals surface area contributed by atoms with Crippen molar-refractivity contribution in [1.82, 2.24) is 5.32 Å². The lowest BCUT2D eigenvalue weighted by molar-refractivity contribution is -0.159. The highest BCUT2D eigenvalue weighted by Crippen LogP contribution is 2.27. The summed E-state index contributed by atoms with van der Waals surface area (Å²) in [7, 11) is 0. The minimum atomic E-state index is -0.764. The van der Waals surface area contributed by atoms with Crippen LogP contribution < -0.4 is 5.32 Å². The number of aliphatic hydroxyl groups is 2. The van der Waals surface area contributed by atoms with Crippen LogP contribution in [0.3, 0.4) is 0 Å². The van der Waals surface area contributed by atoms with Crippen LogP contribution in [0.4, 0.5) is 0 Å². The maximum absolute atomic E-state index is 11.1. The van der Waals surface area contributed by atoms with Gasteiger partial charge in [-0.25, -0.2) is 0 Å². The lowest BCUT2D eigenvalue weighted by Gasteiger charge is -2.31. The number of hydrogen-bond donors (Lipinski definition) is 3. The molecule has 3 aromatic carbocycles. The molecule has 5 nitrogen and oxygen atoms in total. The van der Waals surface area contributed by atoms with E-state index in [1.54, 1.807) is 0 Å². The van der Waals surface area contributed by atoms with Crippen molar-refractivity contribution in [3.05, 3.63) is 108 Å². The van der Waals surface area contributed by atoms with E-state index in [0.29, 0.717) is 32.6 Å². The Morgan fingerprint density at radius 3 is 1.42 bits per heavy atom. The summed E-state index contributed by atoms with van der Waals surface area (Å²) < 4.78 is 12.4. The van der Waals surface area contributed by atoms with Crippen LogP contribution in [0, 0.1) is 0 Å². The molecule has 0 heterocycles. The summed E-state index contributed by atoms with van der Waals surface area (Å²) in [5.41, 5.74) is 3.20. The van der Waals surface area contributed by atoms with E-state index in [9.17, 15) is 10.2 Å². The molecule has 3 N–H and O–H groups in total. The Bertz CT molecular complexity index is 880. The van der Waals surface area contributed by atoms with Crippen molar-refractivity contribution in [1.29, 1.82) is 0 Å². The highest BCUT2D eigenvalue weighted by molar-refractivity contribution is 5.16. The van der Waals surface area contributed by atoms with Gasteiger partial charge in [-0.05, 0) is 29.5 Å². The van der Waals surface area contributed by atoms with Crippen molar-refractivity contribution in [2.24, 2.45) is 0 Å². The van der Waals surface area contributed by atoms with Gasteiger partial charge in [0.15, 0.2) is 0 Å². The van der Waals surface area contributed by atoms with Crippen LogP contribution >= 0.6 is 0 Å². The van der Waals surface area contributed by atoms with Gasteiger partial charge >= 0.3 is 0 Å². The molecular formula is C28H33NO4. The average Bonchev–Trinajstić information content (AvgIpc) is 2.97. The van der Waals surface area contributed by atoms with Gasteiger partial charge in [-0.15, -0.1) is 0 Å². The van der Waals surface area contributed by atoms with Crippen LogP contribution in [-0.4, -0.2) is 40.7 Å². The lowest BCUT2D eigenvalue weighted by atomic mass is 10.0. The molecule has 1 fully saturated rings. The molecule has 0 aliphatic heterocycles. The highest BCUT2D eigenvalue weighted by atomic mass is 16.6. The minimum absolute atomic E-state index is 0.0524. The van der Waals surface area contributed by atoms with E-state index in [0.717, 1.165) is 11.1 Å². The zero-order chi connectivity index (χ0) is 22.9. The van der Waals surface area contributed by atoms with Crippen LogP contribution in [0.2, 0.25) is 0 Å². The summed E-state index contributed by atoms with van der Waals surface area (Å²) in [6.45, 7) is 1.38. The van der Waals surface area contributed by atoms with Gasteiger partial charge in [-0.2, -0.15) is 0 Å². The topological polar surface area (TPSA) is 71.0 Å². The Hall–Kier alpha value is -2.54. The first kappa shape index (κ1) is 23.6. The third-order valence-corrected chi connectivity index (χ3v) is 6.14. The summed E-state index contributed by atoms with van der Waals surface area (Å²) in [6, 6.07) is 29.8. The number of rotatable bonds is 9. The maximum atomic E-state index is 11.1. The van der Waals surface area contributed by atoms with Crippen molar-refractivity contribution in [2.75, 3.05) is 0 Å². The van der Waals surface area contributed by atoms with Crippen LogP contribution in [-0.2, 0) is 29.2 Å². The van der Waals surface area contributed by atoms with Gasteiger partial charge in [0, 0.05) is 12.6 Å². The molecule has 1 aliphatic rings. The van der Waals surface area contributed by atoms with Crippen molar-refractivity contribution in [2.45, 2.75) is 63.1 Å². The molecular weight excluding hydrogens is 414 g/mol. The van der Waals surface area contributed by atoms with Crippen molar-refractivity contribution in [3.63, 3.8) is 0 Å². The first-order chi connectivity index (χ1) is 16.2. The molecule has 174 valence electrons. The smallest absolute Gasteiger partial charge is 0.112 e. The van der Waals surface area contributed by atoms with E-state index in [1.807, 2.05) is 78.9 Å².